The Bertz CT molecular complexity index is 1680. The van der Waals surface area contributed by atoms with Gasteiger partial charge in [-0.2, -0.15) is 19.0 Å². The number of fused-ring (bicyclic) bond motifs is 1. The molecule has 3 aliphatic heterocycles. The molecule has 3 fully saturated rings. The number of carbonyl (C=O) groups excluding carboxylic acids is 2. The molecule has 3 aromatic heterocycles. The average molecular weight is 685 g/mol. The third-order valence-electron chi connectivity index (χ3n) is 9.11. The molecule has 7 rings (SSSR count). The van der Waals surface area contributed by atoms with Crippen LogP contribution in [0.15, 0.2) is 53.7 Å². The van der Waals surface area contributed by atoms with Gasteiger partial charge in [0.05, 0.1) is 55.2 Å². The zero-order valence-corrected chi connectivity index (χ0v) is 27.2. The van der Waals surface area contributed by atoms with Crippen molar-refractivity contribution in [3.63, 3.8) is 0 Å². The van der Waals surface area contributed by atoms with E-state index in [9.17, 15) is 18.4 Å². The van der Waals surface area contributed by atoms with Gasteiger partial charge in [0.1, 0.15) is 17.9 Å². The smallest absolute Gasteiger partial charge is 0.387 e. The molecule has 1 N–H and O–H groups in total. The monoisotopic (exact) mass is 684 g/mol. The van der Waals surface area contributed by atoms with Gasteiger partial charge in [0.15, 0.2) is 5.65 Å². The van der Waals surface area contributed by atoms with Gasteiger partial charge in [-0.3, -0.25) is 19.2 Å². The number of anilines is 1. The molecule has 6 heterocycles. The summed E-state index contributed by atoms with van der Waals surface area (Å²) >= 11 is 1.63. The second kappa shape index (κ2) is 14.7. The Balaban J connectivity index is 1.10. The highest BCUT2D eigenvalue weighted by Crippen LogP contribution is 2.43. The Labute approximate surface area is 280 Å². The van der Waals surface area contributed by atoms with E-state index < -0.39 is 18.4 Å². The highest BCUT2D eigenvalue weighted by Gasteiger charge is 2.33. The Kier molecular flexibility index (Phi) is 10.0. The van der Waals surface area contributed by atoms with E-state index in [-0.39, 0.29) is 29.0 Å². The van der Waals surface area contributed by atoms with Crippen LogP contribution in [0.3, 0.4) is 0 Å². The number of rotatable bonds is 11. The molecule has 0 spiro atoms. The number of aromatic nitrogens is 5. The number of nitrogens with zero attached hydrogens (tertiary/aromatic N) is 7. The van der Waals surface area contributed by atoms with Crippen LogP contribution in [0.5, 0.6) is 0 Å². The van der Waals surface area contributed by atoms with Crippen molar-refractivity contribution in [2.24, 2.45) is 5.92 Å². The lowest BCUT2D eigenvalue weighted by Crippen LogP contribution is -2.45. The van der Waals surface area contributed by atoms with E-state index >= 15 is 0 Å². The summed E-state index contributed by atoms with van der Waals surface area (Å²) in [4.78, 5) is 36.6. The number of halogens is 2. The molecule has 0 saturated carbocycles. The van der Waals surface area contributed by atoms with Crippen LogP contribution >= 0.6 is 11.8 Å². The molecule has 1 unspecified atom stereocenters. The van der Waals surface area contributed by atoms with Crippen molar-refractivity contribution in [2.75, 3.05) is 64.5 Å². The molecule has 1 atom stereocenters. The van der Waals surface area contributed by atoms with E-state index in [1.165, 1.54) is 21.5 Å². The lowest BCUT2D eigenvalue weighted by atomic mass is 9.94. The molecule has 0 bridgehead atoms. The molecule has 13 nitrogen and oxygen atoms in total. The van der Waals surface area contributed by atoms with Gasteiger partial charge in [0.2, 0.25) is 5.91 Å². The Morgan fingerprint density at radius 3 is 2.67 bits per heavy atom. The largest absolute Gasteiger partial charge is 0.439 e. The molecule has 3 saturated heterocycles. The maximum Gasteiger partial charge on any atom is 0.387 e. The minimum Gasteiger partial charge on any atom is -0.439 e. The van der Waals surface area contributed by atoms with Gasteiger partial charge >= 0.3 is 6.61 Å². The number of thioether (sulfide) groups is 1. The number of nitrogens with one attached hydrogen (secondary N) is 1. The Hall–Kier alpha value is -3.86. The van der Waals surface area contributed by atoms with E-state index in [1.54, 1.807) is 42.5 Å². The number of hydrogen-bond donors (Lipinski definition) is 1. The van der Waals surface area contributed by atoms with Crippen LogP contribution in [-0.2, 0) is 25.5 Å². The van der Waals surface area contributed by atoms with Crippen molar-refractivity contribution >= 4 is 34.9 Å². The summed E-state index contributed by atoms with van der Waals surface area (Å²) in [5.41, 5.74) is 1.21. The number of amides is 2. The topological polar surface area (TPSA) is 128 Å². The molecular weight excluding hydrogens is 646 g/mol. The summed E-state index contributed by atoms with van der Waals surface area (Å²) in [5.74, 6) is -0.755. The first-order valence-corrected chi connectivity index (χ1v) is 17.1. The van der Waals surface area contributed by atoms with Crippen LogP contribution in [0, 0.1) is 5.92 Å². The molecule has 4 aliphatic rings. The second-order valence-corrected chi connectivity index (χ2v) is 13.8. The first-order chi connectivity index (χ1) is 23.4. The molecule has 0 aromatic carbocycles. The zero-order chi connectivity index (χ0) is 33.0. The molecule has 0 radical (unpaired) electrons. The first-order valence-electron chi connectivity index (χ1n) is 16.2. The van der Waals surface area contributed by atoms with Crippen molar-refractivity contribution in [2.45, 2.75) is 43.6 Å². The molecule has 256 valence electrons. The standard InChI is InChI=1S/C32H38F2N8O5S/c33-32(34)47-27-3-2-22(48-23-19-46-20-23)14-24(27)29-26(37-31(44)25-15-36-42-7-1-6-35-30(25)42)17-41(38-29)18-28(43)40-8-4-21(5-9-40)16-39-10-12-45-13-11-39/h1-3,6-7,15,17,21,23-24,32H,4-5,8-14,16,18-20H2,(H,37,44). The third-order valence-corrected chi connectivity index (χ3v) is 10.3. The first kappa shape index (κ1) is 32.7. The third kappa shape index (κ3) is 7.56. The molecular formula is C32H38F2N8O5S. The van der Waals surface area contributed by atoms with Crippen LogP contribution in [0.25, 0.3) is 5.65 Å². The van der Waals surface area contributed by atoms with Gasteiger partial charge in [-0.15, -0.1) is 11.8 Å². The van der Waals surface area contributed by atoms with Gasteiger partial charge in [-0.05, 0) is 48.3 Å². The number of ether oxygens (including phenoxy) is 3. The quantitative estimate of drug-likeness (QED) is 0.321. The summed E-state index contributed by atoms with van der Waals surface area (Å²) in [6.45, 7) is 3.87. The van der Waals surface area contributed by atoms with Gasteiger partial charge in [0, 0.05) is 51.3 Å². The normalized spacial score (nSPS) is 21.2. The lowest BCUT2D eigenvalue weighted by molar-refractivity contribution is -0.133. The van der Waals surface area contributed by atoms with E-state index in [0.29, 0.717) is 55.7 Å². The van der Waals surface area contributed by atoms with Crippen LogP contribution in [0.4, 0.5) is 14.5 Å². The van der Waals surface area contributed by atoms with Crippen LogP contribution < -0.4 is 5.32 Å². The molecule has 3 aromatic rings. The highest BCUT2D eigenvalue weighted by atomic mass is 32.2. The summed E-state index contributed by atoms with van der Waals surface area (Å²) in [7, 11) is 0. The summed E-state index contributed by atoms with van der Waals surface area (Å²) in [6, 6.07) is 1.70. The van der Waals surface area contributed by atoms with E-state index in [1.807, 2.05) is 4.90 Å². The van der Waals surface area contributed by atoms with Gasteiger partial charge < -0.3 is 24.4 Å². The van der Waals surface area contributed by atoms with Gasteiger partial charge in [0.25, 0.3) is 5.91 Å². The summed E-state index contributed by atoms with van der Waals surface area (Å²) in [6.07, 6.45) is 11.7. The number of carbonyl (C=O) groups is 2. The lowest BCUT2D eigenvalue weighted by Gasteiger charge is -2.36. The van der Waals surface area contributed by atoms with E-state index in [2.05, 4.69) is 20.3 Å². The Morgan fingerprint density at radius 1 is 1.10 bits per heavy atom. The van der Waals surface area contributed by atoms with Crippen molar-refractivity contribution in [1.29, 1.82) is 0 Å². The summed E-state index contributed by atoms with van der Waals surface area (Å²) < 4.78 is 45.9. The van der Waals surface area contributed by atoms with Crippen LogP contribution in [-0.4, -0.2) is 117 Å². The van der Waals surface area contributed by atoms with Crippen LogP contribution in [0.1, 0.15) is 41.2 Å². The molecule has 48 heavy (non-hydrogen) atoms. The van der Waals surface area contributed by atoms with E-state index in [0.717, 1.165) is 50.6 Å². The highest BCUT2D eigenvalue weighted by molar-refractivity contribution is 8.03. The Morgan fingerprint density at radius 2 is 1.92 bits per heavy atom. The number of allylic oxidation sites excluding steroid dienone is 4. The minimum atomic E-state index is -3.04. The maximum atomic E-state index is 13.6. The number of hydrogen-bond acceptors (Lipinski definition) is 10. The average Bonchev–Trinajstić information content (AvgIpc) is 3.68. The predicted octanol–water partition coefficient (Wildman–Crippen LogP) is 3.38. The van der Waals surface area contributed by atoms with Crippen molar-refractivity contribution in [3.05, 3.63) is 64.9 Å². The SMILES string of the molecule is O=C(Nc1cn(CC(=O)N2CCC(CN3CCOCC3)CC2)nc1C1CC(SC2COC2)=CC=C1OC(F)F)c1cnn2cccnc12. The summed E-state index contributed by atoms with van der Waals surface area (Å²) in [5, 5.41) is 12.1. The fourth-order valence-corrected chi connectivity index (χ4v) is 7.67. The zero-order valence-electron chi connectivity index (χ0n) is 26.4. The predicted molar refractivity (Wildman–Crippen MR) is 173 cm³/mol. The number of alkyl halides is 2. The molecule has 16 heteroatoms. The van der Waals surface area contributed by atoms with Crippen molar-refractivity contribution in [1.82, 2.24) is 34.2 Å². The van der Waals surface area contributed by atoms with Crippen molar-refractivity contribution < 1.29 is 32.6 Å². The van der Waals surface area contributed by atoms with Crippen LogP contribution in [0.2, 0.25) is 0 Å². The van der Waals surface area contributed by atoms with Gasteiger partial charge in [-0.25, -0.2) is 9.50 Å². The number of piperidine rings is 1. The van der Waals surface area contributed by atoms with Crippen molar-refractivity contribution in [3.8, 4) is 0 Å². The molecule has 1 aliphatic carbocycles. The second-order valence-electron chi connectivity index (χ2n) is 12.4. The fourth-order valence-electron chi connectivity index (χ4n) is 6.50. The minimum absolute atomic E-state index is 0.0336. The van der Waals surface area contributed by atoms with Gasteiger partial charge in [-0.1, -0.05) is 0 Å². The number of likely N-dealkylation sites (tertiary alicyclic amines) is 1. The molecule has 2 amide bonds. The number of morpholine rings is 1. The van der Waals surface area contributed by atoms with E-state index in [4.69, 9.17) is 19.3 Å². The fraction of sp³-hybridized carbons (Fsp3) is 0.531. The maximum absolute atomic E-state index is 13.6.